The van der Waals surface area contributed by atoms with Crippen molar-refractivity contribution in [2.75, 3.05) is 0 Å². The number of hydrogen-bond acceptors (Lipinski definition) is 2. The van der Waals surface area contributed by atoms with Gasteiger partial charge in [-0.2, -0.15) is 0 Å². The Morgan fingerprint density at radius 2 is 1.91 bits per heavy atom. The summed E-state index contributed by atoms with van der Waals surface area (Å²) in [6, 6.07) is 0. The van der Waals surface area contributed by atoms with E-state index in [1.165, 1.54) is 37.7 Å². The number of hydrogen-bond donors (Lipinski definition) is 2. The largest absolute Gasteiger partial charge is 0.481 e. The zero-order chi connectivity index (χ0) is 16.9. The molecule has 130 valence electrons. The van der Waals surface area contributed by atoms with Crippen LogP contribution in [0.4, 0.5) is 0 Å². The molecule has 0 saturated heterocycles. The molecule has 0 spiro atoms. The van der Waals surface area contributed by atoms with E-state index in [1.54, 1.807) is 0 Å². The fraction of sp³-hybridized carbons (Fsp3) is 0.650. The molecule has 0 bridgehead atoms. The van der Waals surface area contributed by atoms with Crippen LogP contribution in [0, 0.1) is 5.92 Å². The van der Waals surface area contributed by atoms with Crippen LogP contribution in [0.3, 0.4) is 0 Å². The first kappa shape index (κ1) is 19.7. The molecule has 1 aliphatic carbocycles. The van der Waals surface area contributed by atoms with Crippen LogP contribution in [0.5, 0.6) is 0 Å². The third-order valence-electron chi connectivity index (χ3n) is 4.33. The van der Waals surface area contributed by atoms with E-state index in [1.807, 2.05) is 12.2 Å². The number of carboxylic acids is 1. The molecule has 3 nitrogen and oxygen atoms in total. The highest BCUT2D eigenvalue weighted by Crippen LogP contribution is 2.29. The molecule has 0 aromatic heterocycles. The summed E-state index contributed by atoms with van der Waals surface area (Å²) < 4.78 is 0. The van der Waals surface area contributed by atoms with E-state index in [-0.39, 0.29) is 18.4 Å². The molecule has 0 aromatic rings. The molecular formula is C20H32O3. The van der Waals surface area contributed by atoms with E-state index in [4.69, 9.17) is 5.11 Å². The van der Waals surface area contributed by atoms with Crippen LogP contribution in [-0.4, -0.2) is 22.3 Å². The Kier molecular flexibility index (Phi) is 10.4. The Morgan fingerprint density at radius 1 is 1.13 bits per heavy atom. The molecule has 0 heterocycles. The number of allylic oxidation sites excluding steroid dienone is 4. The van der Waals surface area contributed by atoms with E-state index < -0.39 is 5.97 Å². The van der Waals surface area contributed by atoms with Crippen LogP contribution < -0.4 is 0 Å². The summed E-state index contributed by atoms with van der Waals surface area (Å²) in [6.45, 7) is 2.23. The number of carbonyl (C=O) groups is 1. The predicted octanol–water partition coefficient (Wildman–Crippen LogP) is 5.02. The first-order chi connectivity index (χ1) is 11.1. The Morgan fingerprint density at radius 3 is 2.65 bits per heavy atom. The normalized spacial score (nSPS) is 22.4. The van der Waals surface area contributed by atoms with E-state index >= 15 is 0 Å². The first-order valence-electron chi connectivity index (χ1n) is 9.08. The van der Waals surface area contributed by atoms with Gasteiger partial charge in [-0.3, -0.25) is 4.79 Å². The zero-order valence-corrected chi connectivity index (χ0v) is 14.4. The number of aliphatic carboxylic acids is 1. The Labute approximate surface area is 140 Å². The van der Waals surface area contributed by atoms with Gasteiger partial charge in [0.2, 0.25) is 0 Å². The summed E-state index contributed by atoms with van der Waals surface area (Å²) in [5.41, 5.74) is 1.25. The minimum Gasteiger partial charge on any atom is -0.481 e. The molecular weight excluding hydrogens is 288 g/mol. The maximum atomic E-state index is 10.4. The molecule has 2 N–H and O–H groups in total. The third-order valence-corrected chi connectivity index (χ3v) is 4.33. The average molecular weight is 320 g/mol. The molecule has 1 aliphatic rings. The van der Waals surface area contributed by atoms with Gasteiger partial charge in [-0.25, -0.2) is 0 Å². The standard InChI is InChI=1S/C20H32O3/c1-2-3-4-5-6-9-12-17-15-16-19(21)18(17)13-10-7-8-11-14-20(22)23/h7,10,12,15-16,18-19,21H,2-6,8-9,11,13-14H2,1H3,(H,22,23)/b10-7+,17-12+. The summed E-state index contributed by atoms with van der Waals surface area (Å²) in [7, 11) is 0. The second kappa shape index (κ2) is 12.1. The fourth-order valence-corrected chi connectivity index (χ4v) is 2.91. The highest BCUT2D eigenvalue weighted by atomic mass is 16.4. The lowest BCUT2D eigenvalue weighted by molar-refractivity contribution is -0.137. The topological polar surface area (TPSA) is 57.5 Å². The number of carboxylic acid groups (broad SMARTS) is 1. The van der Waals surface area contributed by atoms with Crippen LogP contribution in [0.1, 0.15) is 71.1 Å². The van der Waals surface area contributed by atoms with Crippen molar-refractivity contribution in [1.82, 2.24) is 0 Å². The summed E-state index contributed by atoms with van der Waals surface area (Å²) in [5, 5.41) is 18.7. The quantitative estimate of drug-likeness (QED) is 0.392. The van der Waals surface area contributed by atoms with E-state index in [0.717, 1.165) is 19.3 Å². The third kappa shape index (κ3) is 8.75. The predicted molar refractivity (Wildman–Crippen MR) is 95.3 cm³/mol. The first-order valence-corrected chi connectivity index (χ1v) is 9.08. The van der Waals surface area contributed by atoms with Crippen molar-refractivity contribution in [3.05, 3.63) is 36.0 Å². The van der Waals surface area contributed by atoms with Gasteiger partial charge in [0.25, 0.3) is 0 Å². The van der Waals surface area contributed by atoms with E-state index in [2.05, 4.69) is 25.2 Å². The van der Waals surface area contributed by atoms with Gasteiger partial charge in [0, 0.05) is 12.3 Å². The molecule has 0 radical (unpaired) electrons. The average Bonchev–Trinajstić information content (AvgIpc) is 2.86. The molecule has 2 atom stereocenters. The van der Waals surface area contributed by atoms with Crippen LogP contribution in [-0.2, 0) is 4.79 Å². The van der Waals surface area contributed by atoms with Crippen molar-refractivity contribution >= 4 is 5.97 Å². The summed E-state index contributed by atoms with van der Waals surface area (Å²) in [5.74, 6) is -0.570. The highest BCUT2D eigenvalue weighted by Gasteiger charge is 2.23. The summed E-state index contributed by atoms with van der Waals surface area (Å²) >= 11 is 0. The second-order valence-electron chi connectivity index (χ2n) is 6.36. The van der Waals surface area contributed by atoms with E-state index in [9.17, 15) is 9.90 Å². The van der Waals surface area contributed by atoms with Crippen LogP contribution in [0.25, 0.3) is 0 Å². The molecule has 1 rings (SSSR count). The highest BCUT2D eigenvalue weighted by molar-refractivity contribution is 5.66. The van der Waals surface area contributed by atoms with Crippen molar-refractivity contribution in [2.45, 2.75) is 77.2 Å². The van der Waals surface area contributed by atoms with E-state index in [0.29, 0.717) is 6.42 Å². The molecule has 23 heavy (non-hydrogen) atoms. The minimum absolute atomic E-state index is 0.168. The maximum absolute atomic E-state index is 10.4. The second-order valence-corrected chi connectivity index (χ2v) is 6.36. The number of aliphatic hydroxyl groups is 1. The van der Waals surface area contributed by atoms with Crippen LogP contribution >= 0.6 is 0 Å². The van der Waals surface area contributed by atoms with Crippen LogP contribution in [0.2, 0.25) is 0 Å². The number of aliphatic hydroxyl groups excluding tert-OH is 1. The molecule has 0 fully saturated rings. The number of unbranched alkanes of at least 4 members (excludes halogenated alkanes) is 6. The smallest absolute Gasteiger partial charge is 0.303 e. The van der Waals surface area contributed by atoms with Gasteiger partial charge in [0.15, 0.2) is 0 Å². The molecule has 0 aliphatic heterocycles. The summed E-state index contributed by atoms with van der Waals surface area (Å²) in [6.07, 6.45) is 20.0. The lowest BCUT2D eigenvalue weighted by atomic mass is 9.94. The Balaban J connectivity index is 2.28. The molecule has 0 amide bonds. The molecule has 0 aromatic carbocycles. The Bertz CT molecular complexity index is 421. The summed E-state index contributed by atoms with van der Waals surface area (Å²) in [4.78, 5) is 10.4. The van der Waals surface area contributed by atoms with Crippen molar-refractivity contribution in [3.8, 4) is 0 Å². The van der Waals surface area contributed by atoms with Gasteiger partial charge in [0.05, 0.1) is 6.10 Å². The number of rotatable bonds is 12. The van der Waals surface area contributed by atoms with Gasteiger partial charge in [-0.15, -0.1) is 0 Å². The van der Waals surface area contributed by atoms with Crippen molar-refractivity contribution in [3.63, 3.8) is 0 Å². The lowest BCUT2D eigenvalue weighted by Crippen LogP contribution is -2.13. The minimum atomic E-state index is -0.738. The van der Waals surface area contributed by atoms with Gasteiger partial charge in [-0.05, 0) is 37.7 Å². The molecule has 0 saturated carbocycles. The molecule has 2 unspecified atom stereocenters. The monoisotopic (exact) mass is 320 g/mol. The fourth-order valence-electron chi connectivity index (χ4n) is 2.91. The van der Waals surface area contributed by atoms with Crippen molar-refractivity contribution in [1.29, 1.82) is 0 Å². The van der Waals surface area contributed by atoms with Gasteiger partial charge in [0.1, 0.15) is 0 Å². The van der Waals surface area contributed by atoms with Crippen LogP contribution in [0.15, 0.2) is 36.0 Å². The van der Waals surface area contributed by atoms with Crippen molar-refractivity contribution < 1.29 is 15.0 Å². The SMILES string of the molecule is CCCCCCC/C=C1\C=CC(O)C1C/C=C/CCCC(=O)O. The Hall–Kier alpha value is -1.35. The van der Waals surface area contributed by atoms with Crippen molar-refractivity contribution in [2.24, 2.45) is 5.92 Å². The van der Waals surface area contributed by atoms with Gasteiger partial charge >= 0.3 is 5.97 Å². The lowest BCUT2D eigenvalue weighted by Gasteiger charge is -2.14. The molecule has 3 heteroatoms. The maximum Gasteiger partial charge on any atom is 0.303 e. The van der Waals surface area contributed by atoms with Gasteiger partial charge in [-0.1, -0.05) is 63.0 Å². The van der Waals surface area contributed by atoms with Gasteiger partial charge < -0.3 is 10.2 Å². The zero-order valence-electron chi connectivity index (χ0n) is 14.4.